The van der Waals surface area contributed by atoms with Crippen LogP contribution in [0.2, 0.25) is 5.02 Å². The summed E-state index contributed by atoms with van der Waals surface area (Å²) in [7, 11) is 0. The number of rotatable bonds is 3. The Labute approximate surface area is 162 Å². The molecule has 7 heteroatoms. The quantitative estimate of drug-likeness (QED) is 0.875. The number of ether oxygens (including phenoxy) is 1. The number of hydrogen-bond donors (Lipinski definition) is 1. The Morgan fingerprint density at radius 3 is 2.67 bits per heavy atom. The van der Waals surface area contributed by atoms with Crippen LogP contribution in [-0.2, 0) is 9.59 Å². The fourth-order valence-electron chi connectivity index (χ4n) is 2.94. The van der Waals surface area contributed by atoms with Crippen molar-refractivity contribution in [3.05, 3.63) is 53.1 Å². The number of nitrogens with one attached hydrogen (secondary N) is 1. The van der Waals surface area contributed by atoms with Crippen LogP contribution < -0.4 is 15.0 Å². The van der Waals surface area contributed by atoms with Crippen LogP contribution in [0.3, 0.4) is 0 Å². The van der Waals surface area contributed by atoms with E-state index in [2.05, 4.69) is 5.32 Å². The Morgan fingerprint density at radius 1 is 1.30 bits per heavy atom. The summed E-state index contributed by atoms with van der Waals surface area (Å²) in [5.74, 6) is -0.357. The third-order valence-corrected chi connectivity index (χ3v) is 4.74. The van der Waals surface area contributed by atoms with Gasteiger partial charge in [-0.05, 0) is 51.1 Å². The first-order chi connectivity index (χ1) is 12.8. The number of para-hydroxylation sites is 2. The second-order valence-corrected chi connectivity index (χ2v) is 7.13. The molecule has 0 saturated heterocycles. The molecular formula is C20H18ClN3O3. The van der Waals surface area contributed by atoms with E-state index >= 15 is 0 Å². The maximum Gasteiger partial charge on any atom is 0.268 e. The van der Waals surface area contributed by atoms with Crippen molar-refractivity contribution in [3.63, 3.8) is 0 Å². The van der Waals surface area contributed by atoms with Gasteiger partial charge < -0.3 is 10.1 Å². The van der Waals surface area contributed by atoms with Crippen molar-refractivity contribution in [2.45, 2.75) is 32.4 Å². The van der Waals surface area contributed by atoms with E-state index in [1.54, 1.807) is 57.2 Å². The molecule has 0 fully saturated rings. The summed E-state index contributed by atoms with van der Waals surface area (Å²) in [6, 6.07) is 13.7. The molecule has 138 valence electrons. The van der Waals surface area contributed by atoms with Gasteiger partial charge in [0.1, 0.15) is 11.3 Å². The van der Waals surface area contributed by atoms with Gasteiger partial charge in [-0.3, -0.25) is 14.5 Å². The molecule has 1 aliphatic heterocycles. The second-order valence-electron chi connectivity index (χ2n) is 6.72. The van der Waals surface area contributed by atoms with Gasteiger partial charge in [0, 0.05) is 0 Å². The minimum atomic E-state index is -1.09. The number of benzene rings is 2. The summed E-state index contributed by atoms with van der Waals surface area (Å²) in [5, 5.41) is 12.0. The minimum absolute atomic E-state index is 0.241. The molecule has 2 aromatic rings. The van der Waals surface area contributed by atoms with Crippen LogP contribution >= 0.6 is 11.6 Å². The molecule has 0 radical (unpaired) electrons. The van der Waals surface area contributed by atoms with Crippen LogP contribution in [0.5, 0.6) is 5.75 Å². The lowest BCUT2D eigenvalue weighted by atomic mass is 9.95. The Kier molecular flexibility index (Phi) is 4.81. The van der Waals surface area contributed by atoms with E-state index < -0.39 is 11.6 Å². The molecule has 3 rings (SSSR count). The molecule has 1 atom stereocenters. The number of hydrogen-bond acceptors (Lipinski definition) is 4. The largest absolute Gasteiger partial charge is 0.479 e. The summed E-state index contributed by atoms with van der Waals surface area (Å²) in [6.07, 6.45) is -0.895. The Hall–Kier alpha value is -3.04. The number of nitriles is 1. The molecule has 0 spiro atoms. The molecule has 1 heterocycles. The van der Waals surface area contributed by atoms with Gasteiger partial charge in [0.2, 0.25) is 5.91 Å². The Morgan fingerprint density at radius 2 is 2.00 bits per heavy atom. The molecule has 0 aromatic heterocycles. The van der Waals surface area contributed by atoms with E-state index in [1.165, 1.54) is 11.0 Å². The van der Waals surface area contributed by atoms with Gasteiger partial charge in [-0.2, -0.15) is 5.26 Å². The maximum atomic E-state index is 13.2. The van der Waals surface area contributed by atoms with Crippen LogP contribution in [0.15, 0.2) is 42.5 Å². The summed E-state index contributed by atoms with van der Waals surface area (Å²) < 4.78 is 5.74. The van der Waals surface area contributed by atoms with E-state index in [1.807, 2.05) is 6.07 Å². The highest BCUT2D eigenvalue weighted by Crippen LogP contribution is 2.37. The fourth-order valence-corrected chi connectivity index (χ4v) is 3.16. The number of nitrogens with zero attached hydrogens (tertiary/aromatic N) is 2. The van der Waals surface area contributed by atoms with E-state index in [0.717, 1.165) is 0 Å². The second kappa shape index (κ2) is 6.93. The first kappa shape index (κ1) is 18.7. The van der Waals surface area contributed by atoms with Gasteiger partial charge in [0.05, 0.1) is 28.0 Å². The lowest BCUT2D eigenvalue weighted by Crippen LogP contribution is -2.60. The maximum absolute atomic E-state index is 13.2. The van der Waals surface area contributed by atoms with Crippen molar-refractivity contribution < 1.29 is 14.3 Å². The average Bonchev–Trinajstić information content (AvgIpc) is 2.63. The highest BCUT2D eigenvalue weighted by Gasteiger charge is 2.45. The molecular weight excluding hydrogens is 366 g/mol. The number of carbonyl (C=O) groups excluding carboxylic acids is 2. The number of carbonyl (C=O) groups is 2. The lowest BCUT2D eigenvalue weighted by molar-refractivity contribution is -0.130. The number of halogens is 1. The summed E-state index contributed by atoms with van der Waals surface area (Å²) in [6.45, 7) is 4.96. The van der Waals surface area contributed by atoms with Crippen molar-refractivity contribution >= 4 is 34.8 Å². The molecule has 1 aliphatic rings. The van der Waals surface area contributed by atoms with Crippen LogP contribution in [0.25, 0.3) is 0 Å². The van der Waals surface area contributed by atoms with Crippen molar-refractivity contribution in [1.82, 2.24) is 0 Å². The predicted octanol–water partition coefficient (Wildman–Crippen LogP) is 3.74. The monoisotopic (exact) mass is 383 g/mol. The predicted molar refractivity (Wildman–Crippen MR) is 103 cm³/mol. The summed E-state index contributed by atoms with van der Waals surface area (Å²) in [5.41, 5.74) is 0.485. The molecule has 0 saturated carbocycles. The average molecular weight is 384 g/mol. The first-order valence-electron chi connectivity index (χ1n) is 8.36. The standard InChI is InChI=1S/C20H18ClN3O3/c1-12(27-17-9-8-13(11-22)10-14(17)21)18(25)24-16-7-5-4-6-15(16)23-19(26)20(24,2)3/h4-10,12H,1-3H3,(H,23,26)/t12-/m0/s1. The zero-order valence-electron chi connectivity index (χ0n) is 15.1. The normalized spacial score (nSPS) is 16.0. The van der Waals surface area contributed by atoms with Crippen molar-refractivity contribution in [2.24, 2.45) is 0 Å². The molecule has 6 nitrogen and oxygen atoms in total. The van der Waals surface area contributed by atoms with Gasteiger partial charge in [-0.25, -0.2) is 0 Å². The molecule has 2 amide bonds. The van der Waals surface area contributed by atoms with Gasteiger partial charge in [0.25, 0.3) is 5.91 Å². The molecule has 2 aromatic carbocycles. The van der Waals surface area contributed by atoms with Crippen molar-refractivity contribution in [2.75, 3.05) is 10.2 Å². The van der Waals surface area contributed by atoms with Gasteiger partial charge in [-0.15, -0.1) is 0 Å². The van der Waals surface area contributed by atoms with E-state index in [9.17, 15) is 9.59 Å². The van der Waals surface area contributed by atoms with Crippen molar-refractivity contribution in [3.8, 4) is 11.8 Å². The lowest BCUT2D eigenvalue weighted by Gasteiger charge is -2.42. The van der Waals surface area contributed by atoms with Gasteiger partial charge in [-0.1, -0.05) is 23.7 Å². The highest BCUT2D eigenvalue weighted by atomic mass is 35.5. The molecule has 0 unspecified atom stereocenters. The summed E-state index contributed by atoms with van der Waals surface area (Å²) in [4.78, 5) is 27.1. The SMILES string of the molecule is C[C@H](Oc1ccc(C#N)cc1Cl)C(=O)N1c2ccccc2NC(=O)C1(C)C. The number of amides is 2. The van der Waals surface area contributed by atoms with Crippen LogP contribution in [-0.4, -0.2) is 23.5 Å². The topological polar surface area (TPSA) is 82.4 Å². The van der Waals surface area contributed by atoms with Gasteiger partial charge >= 0.3 is 0 Å². The van der Waals surface area contributed by atoms with Crippen LogP contribution in [0.4, 0.5) is 11.4 Å². The molecule has 27 heavy (non-hydrogen) atoms. The van der Waals surface area contributed by atoms with E-state index in [0.29, 0.717) is 22.7 Å². The fraction of sp³-hybridized carbons (Fsp3) is 0.250. The third-order valence-electron chi connectivity index (χ3n) is 4.44. The Bertz CT molecular complexity index is 965. The van der Waals surface area contributed by atoms with Crippen molar-refractivity contribution in [1.29, 1.82) is 5.26 Å². The minimum Gasteiger partial charge on any atom is -0.479 e. The molecule has 1 N–H and O–H groups in total. The van der Waals surface area contributed by atoms with Gasteiger partial charge in [0.15, 0.2) is 6.10 Å². The van der Waals surface area contributed by atoms with E-state index in [4.69, 9.17) is 21.6 Å². The van der Waals surface area contributed by atoms with Crippen LogP contribution in [0, 0.1) is 11.3 Å². The number of anilines is 2. The zero-order chi connectivity index (χ0) is 19.8. The highest BCUT2D eigenvalue weighted by molar-refractivity contribution is 6.32. The third kappa shape index (κ3) is 3.34. The molecule has 0 bridgehead atoms. The molecule has 0 aliphatic carbocycles. The van der Waals surface area contributed by atoms with E-state index in [-0.39, 0.29) is 16.8 Å². The van der Waals surface area contributed by atoms with Crippen LogP contribution in [0.1, 0.15) is 26.3 Å². The summed E-state index contributed by atoms with van der Waals surface area (Å²) >= 11 is 6.14. The number of fused-ring (bicyclic) bond motifs is 1. The Balaban J connectivity index is 1.92. The smallest absolute Gasteiger partial charge is 0.268 e. The first-order valence-corrected chi connectivity index (χ1v) is 8.74. The zero-order valence-corrected chi connectivity index (χ0v) is 15.9.